The second-order valence-electron chi connectivity index (χ2n) is 8.85. The van der Waals surface area contributed by atoms with Crippen molar-refractivity contribution in [1.82, 2.24) is 9.97 Å². The number of anilines is 3. The SMILES string of the molecule is CN1CCCc2c1nc(N1CCC3(CC1)C(=O)N(CC(=O)O)c1cc(F)cc(F)c13)[nH]c2=O. The van der Waals surface area contributed by atoms with Gasteiger partial charge in [-0.3, -0.25) is 24.3 Å². The fourth-order valence-electron chi connectivity index (χ4n) is 5.34. The Hall–Kier alpha value is -3.50. The molecule has 1 amide bonds. The van der Waals surface area contributed by atoms with Gasteiger partial charge in [-0.05, 0) is 31.7 Å². The largest absolute Gasteiger partial charge is 0.480 e. The molecule has 3 aliphatic heterocycles. The van der Waals surface area contributed by atoms with Gasteiger partial charge in [0.1, 0.15) is 24.0 Å². The van der Waals surface area contributed by atoms with Gasteiger partial charge in [-0.1, -0.05) is 0 Å². The minimum Gasteiger partial charge on any atom is -0.480 e. The number of aromatic nitrogens is 2. The maximum absolute atomic E-state index is 14.9. The zero-order valence-electron chi connectivity index (χ0n) is 18.0. The van der Waals surface area contributed by atoms with Crippen molar-refractivity contribution in [3.05, 3.63) is 45.2 Å². The highest BCUT2D eigenvalue weighted by Crippen LogP contribution is 2.49. The first-order valence-electron chi connectivity index (χ1n) is 10.8. The van der Waals surface area contributed by atoms with Crippen molar-refractivity contribution in [2.45, 2.75) is 31.1 Å². The van der Waals surface area contributed by atoms with Crippen LogP contribution < -0.4 is 20.3 Å². The number of carboxylic acid groups (broad SMARTS) is 1. The van der Waals surface area contributed by atoms with Crippen molar-refractivity contribution in [3.8, 4) is 0 Å². The molecule has 1 saturated heterocycles. The minimum absolute atomic E-state index is 0.0321. The van der Waals surface area contributed by atoms with E-state index < -0.39 is 35.5 Å². The molecule has 1 aromatic carbocycles. The fourth-order valence-corrected chi connectivity index (χ4v) is 5.34. The number of carbonyl (C=O) groups excluding carboxylic acids is 1. The van der Waals surface area contributed by atoms with Crippen molar-refractivity contribution in [1.29, 1.82) is 0 Å². The molecule has 0 aliphatic carbocycles. The number of fused-ring (bicyclic) bond motifs is 3. The van der Waals surface area contributed by atoms with Gasteiger partial charge in [0.2, 0.25) is 11.9 Å². The second-order valence-corrected chi connectivity index (χ2v) is 8.85. The third kappa shape index (κ3) is 3.25. The predicted molar refractivity (Wildman–Crippen MR) is 116 cm³/mol. The average Bonchev–Trinajstić information content (AvgIpc) is 2.97. The maximum atomic E-state index is 14.9. The first-order valence-corrected chi connectivity index (χ1v) is 10.8. The van der Waals surface area contributed by atoms with Gasteiger partial charge in [0.25, 0.3) is 5.56 Å². The average molecular weight is 459 g/mol. The highest BCUT2D eigenvalue weighted by Gasteiger charge is 2.54. The summed E-state index contributed by atoms with van der Waals surface area (Å²) < 4.78 is 28.9. The van der Waals surface area contributed by atoms with Crippen LogP contribution in [0, 0.1) is 11.6 Å². The fraction of sp³-hybridized carbons (Fsp3) is 0.455. The lowest BCUT2D eigenvalue weighted by Gasteiger charge is -2.39. The first kappa shape index (κ1) is 21.4. The third-order valence-electron chi connectivity index (χ3n) is 6.93. The predicted octanol–water partition coefficient (Wildman–Crippen LogP) is 1.40. The number of nitrogens with one attached hydrogen (secondary N) is 1. The lowest BCUT2D eigenvalue weighted by atomic mass is 9.73. The van der Waals surface area contributed by atoms with Crippen LogP contribution in [0.25, 0.3) is 0 Å². The summed E-state index contributed by atoms with van der Waals surface area (Å²) in [5.41, 5.74) is -0.825. The van der Waals surface area contributed by atoms with Crippen molar-refractivity contribution >= 4 is 29.3 Å². The van der Waals surface area contributed by atoms with Gasteiger partial charge in [0, 0.05) is 38.3 Å². The van der Waals surface area contributed by atoms with Crippen molar-refractivity contribution in [3.63, 3.8) is 0 Å². The minimum atomic E-state index is -1.29. The number of piperidine rings is 1. The zero-order valence-corrected chi connectivity index (χ0v) is 18.0. The number of H-pyrrole nitrogens is 1. The molecule has 0 atom stereocenters. The van der Waals surface area contributed by atoms with E-state index in [-0.39, 0.29) is 42.7 Å². The Bertz CT molecular complexity index is 1220. The van der Waals surface area contributed by atoms with E-state index in [2.05, 4.69) is 9.97 Å². The number of amides is 1. The standard InChI is InChI=1S/C22H23F2N5O4/c1-27-6-2-3-13-18(27)25-21(26-19(13)32)28-7-4-22(5-8-28)17-14(24)9-12(23)10-15(17)29(20(22)33)11-16(30)31/h9-10H,2-8,11H2,1H3,(H,30,31)(H,25,26,32). The van der Waals surface area contributed by atoms with Crippen LogP contribution in [0.4, 0.5) is 26.2 Å². The van der Waals surface area contributed by atoms with E-state index in [1.807, 2.05) is 16.8 Å². The van der Waals surface area contributed by atoms with Gasteiger partial charge in [-0.2, -0.15) is 4.98 Å². The molecule has 9 nitrogen and oxygen atoms in total. The maximum Gasteiger partial charge on any atom is 0.323 e. The van der Waals surface area contributed by atoms with Gasteiger partial charge in [-0.25, -0.2) is 8.78 Å². The monoisotopic (exact) mass is 459 g/mol. The summed E-state index contributed by atoms with van der Waals surface area (Å²) in [4.78, 5) is 49.5. The van der Waals surface area contributed by atoms with E-state index in [1.54, 1.807) is 0 Å². The van der Waals surface area contributed by atoms with Crippen LogP contribution in [0.3, 0.4) is 0 Å². The molecule has 0 saturated carbocycles. The summed E-state index contributed by atoms with van der Waals surface area (Å²) in [6.07, 6.45) is 1.88. The summed E-state index contributed by atoms with van der Waals surface area (Å²) >= 11 is 0. The van der Waals surface area contributed by atoms with E-state index in [9.17, 15) is 28.3 Å². The van der Waals surface area contributed by atoms with Crippen LogP contribution in [0.2, 0.25) is 0 Å². The Labute approximate surface area is 187 Å². The van der Waals surface area contributed by atoms with Crippen LogP contribution >= 0.6 is 0 Å². The summed E-state index contributed by atoms with van der Waals surface area (Å²) in [6.45, 7) is 0.696. The van der Waals surface area contributed by atoms with Crippen molar-refractivity contribution in [2.24, 2.45) is 0 Å². The lowest BCUT2D eigenvalue weighted by Crippen LogP contribution is -2.50. The number of rotatable bonds is 3. The Morgan fingerprint density at radius 2 is 1.94 bits per heavy atom. The molecule has 0 unspecified atom stereocenters. The molecule has 33 heavy (non-hydrogen) atoms. The molecule has 3 aliphatic rings. The number of nitrogens with zero attached hydrogens (tertiary/aromatic N) is 4. The molecular formula is C22H23F2N5O4. The first-order chi connectivity index (χ1) is 15.7. The summed E-state index contributed by atoms with van der Waals surface area (Å²) in [5.74, 6) is -2.53. The Kier molecular flexibility index (Phi) is 4.87. The van der Waals surface area contributed by atoms with E-state index in [0.29, 0.717) is 23.8 Å². The van der Waals surface area contributed by atoms with Crippen LogP contribution in [0.5, 0.6) is 0 Å². The van der Waals surface area contributed by atoms with Crippen molar-refractivity contribution < 1.29 is 23.5 Å². The molecule has 2 aromatic rings. The highest BCUT2D eigenvalue weighted by atomic mass is 19.1. The van der Waals surface area contributed by atoms with E-state index in [1.165, 1.54) is 0 Å². The number of carboxylic acids is 1. The lowest BCUT2D eigenvalue weighted by molar-refractivity contribution is -0.137. The molecule has 4 heterocycles. The Morgan fingerprint density at radius 1 is 1.21 bits per heavy atom. The van der Waals surface area contributed by atoms with E-state index in [4.69, 9.17) is 0 Å². The number of benzene rings is 1. The van der Waals surface area contributed by atoms with E-state index in [0.717, 1.165) is 30.0 Å². The second kappa shape index (κ2) is 7.53. The third-order valence-corrected chi connectivity index (χ3v) is 6.93. The van der Waals surface area contributed by atoms with Crippen LogP contribution in [-0.2, 0) is 21.4 Å². The topological polar surface area (TPSA) is 110 Å². The molecule has 174 valence electrons. The van der Waals surface area contributed by atoms with Gasteiger partial charge in [-0.15, -0.1) is 0 Å². The Morgan fingerprint density at radius 3 is 2.64 bits per heavy atom. The van der Waals surface area contributed by atoms with Crippen LogP contribution in [-0.4, -0.2) is 60.2 Å². The summed E-state index contributed by atoms with van der Waals surface area (Å²) in [5, 5.41) is 9.24. The highest BCUT2D eigenvalue weighted by molar-refractivity contribution is 6.10. The molecule has 1 spiro atoms. The molecule has 0 bridgehead atoms. The number of carbonyl (C=O) groups is 2. The number of halogens is 2. The zero-order chi connectivity index (χ0) is 23.5. The molecule has 0 radical (unpaired) electrons. The molecule has 11 heteroatoms. The molecule has 1 aromatic heterocycles. The van der Waals surface area contributed by atoms with Gasteiger partial charge >= 0.3 is 5.97 Å². The number of aliphatic carboxylic acids is 1. The van der Waals surface area contributed by atoms with E-state index >= 15 is 0 Å². The quantitative estimate of drug-likeness (QED) is 0.714. The Balaban J connectivity index is 1.48. The molecule has 5 rings (SSSR count). The van der Waals surface area contributed by atoms with Gasteiger partial charge in [0.05, 0.1) is 16.7 Å². The van der Waals surface area contributed by atoms with Crippen LogP contribution in [0.1, 0.15) is 30.4 Å². The summed E-state index contributed by atoms with van der Waals surface area (Å²) in [6, 6.07) is 1.74. The van der Waals surface area contributed by atoms with Crippen molar-refractivity contribution in [2.75, 3.05) is 47.9 Å². The number of aromatic amines is 1. The number of hydrogen-bond donors (Lipinski definition) is 2. The molecule has 2 N–H and O–H groups in total. The normalized spacial score (nSPS) is 19.1. The van der Waals surface area contributed by atoms with Crippen LogP contribution in [0.15, 0.2) is 16.9 Å². The molecular weight excluding hydrogens is 436 g/mol. The smallest absolute Gasteiger partial charge is 0.323 e. The van der Waals surface area contributed by atoms with Gasteiger partial charge < -0.3 is 14.9 Å². The molecule has 1 fully saturated rings. The summed E-state index contributed by atoms with van der Waals surface area (Å²) in [7, 11) is 1.88. The number of hydrogen-bond acceptors (Lipinski definition) is 6. The van der Waals surface area contributed by atoms with Gasteiger partial charge in [0.15, 0.2) is 0 Å².